The molecule has 2 nitrogen and oxygen atoms in total. The highest BCUT2D eigenvalue weighted by molar-refractivity contribution is 6.25. The molecule has 2 N–H and O–H groups in total. The maximum absolute atomic E-state index is 6.21. The van der Waals surface area contributed by atoms with Crippen LogP contribution in [0, 0.1) is 0 Å². The summed E-state index contributed by atoms with van der Waals surface area (Å²) in [5.41, 5.74) is 6.93. The van der Waals surface area contributed by atoms with E-state index in [9.17, 15) is 0 Å². The van der Waals surface area contributed by atoms with Gasteiger partial charge in [0.15, 0.2) is 0 Å². The molecule has 4 aromatic rings. The van der Waals surface area contributed by atoms with E-state index < -0.39 is 0 Å². The van der Waals surface area contributed by atoms with E-state index in [0.717, 1.165) is 11.1 Å². The van der Waals surface area contributed by atoms with Gasteiger partial charge in [0.2, 0.25) is 0 Å². The van der Waals surface area contributed by atoms with Crippen molar-refractivity contribution in [1.29, 1.82) is 0 Å². The average molecular weight is 247 g/mol. The lowest BCUT2D eigenvalue weighted by Crippen LogP contribution is -1.95. The first-order valence-electron chi connectivity index (χ1n) is 6.29. The van der Waals surface area contributed by atoms with E-state index in [1.54, 1.807) is 7.11 Å². The van der Waals surface area contributed by atoms with Gasteiger partial charge >= 0.3 is 0 Å². The summed E-state index contributed by atoms with van der Waals surface area (Å²) >= 11 is 0. The van der Waals surface area contributed by atoms with E-state index in [1.807, 2.05) is 6.07 Å². The van der Waals surface area contributed by atoms with Crippen molar-refractivity contribution in [3.05, 3.63) is 48.5 Å². The number of nitrogens with two attached hydrogens (primary N) is 1. The molecule has 0 unspecified atom stereocenters. The van der Waals surface area contributed by atoms with E-state index in [4.69, 9.17) is 10.5 Å². The Morgan fingerprint density at radius 3 is 2.26 bits per heavy atom. The number of methoxy groups -OCH3 is 1. The Labute approximate surface area is 110 Å². The first kappa shape index (κ1) is 10.4. The monoisotopic (exact) mass is 247 g/mol. The molecule has 0 fully saturated rings. The van der Waals surface area contributed by atoms with E-state index in [-0.39, 0.29) is 0 Å². The summed E-state index contributed by atoms with van der Waals surface area (Å²) in [7, 11) is 1.66. The van der Waals surface area contributed by atoms with E-state index in [0.29, 0.717) is 5.69 Å². The van der Waals surface area contributed by atoms with Crippen LogP contribution in [0.1, 0.15) is 0 Å². The highest BCUT2D eigenvalue weighted by Crippen LogP contribution is 2.40. The molecule has 0 atom stereocenters. The van der Waals surface area contributed by atoms with Crippen LogP contribution in [-0.2, 0) is 0 Å². The van der Waals surface area contributed by atoms with Crippen molar-refractivity contribution in [2.75, 3.05) is 12.8 Å². The van der Waals surface area contributed by atoms with Gasteiger partial charge in [-0.3, -0.25) is 0 Å². The number of ether oxygens (including phenoxy) is 1. The highest BCUT2D eigenvalue weighted by atomic mass is 16.5. The van der Waals surface area contributed by atoms with Crippen LogP contribution in [0.15, 0.2) is 48.5 Å². The average Bonchev–Trinajstić information content (AvgIpc) is 2.46. The molecular weight excluding hydrogens is 234 g/mol. The number of anilines is 1. The molecule has 0 aromatic heterocycles. The molecule has 0 radical (unpaired) electrons. The SMILES string of the molecule is COc1cc2ccc3cccc4ccc(c1N)c2c34. The van der Waals surface area contributed by atoms with Crippen LogP contribution in [0.25, 0.3) is 32.3 Å². The Hall–Kier alpha value is -2.48. The minimum absolute atomic E-state index is 0.716. The lowest BCUT2D eigenvalue weighted by molar-refractivity contribution is 0.418. The van der Waals surface area contributed by atoms with E-state index in [2.05, 4.69) is 42.5 Å². The molecule has 0 saturated heterocycles. The quantitative estimate of drug-likeness (QED) is 0.404. The summed E-state index contributed by atoms with van der Waals surface area (Å²) in [5.74, 6) is 0.742. The molecule has 4 rings (SSSR count). The largest absolute Gasteiger partial charge is 0.495 e. The van der Waals surface area contributed by atoms with Crippen molar-refractivity contribution in [3.63, 3.8) is 0 Å². The third-order valence-corrected chi connectivity index (χ3v) is 3.87. The van der Waals surface area contributed by atoms with Gasteiger partial charge in [-0.05, 0) is 33.0 Å². The third-order valence-electron chi connectivity index (χ3n) is 3.87. The van der Waals surface area contributed by atoms with E-state index >= 15 is 0 Å². The molecule has 0 amide bonds. The second-order valence-corrected chi connectivity index (χ2v) is 4.85. The standard InChI is InChI=1S/C17H13NO/c1-19-14-9-12-6-5-10-3-2-4-11-7-8-13(17(14)18)16(12)15(10)11/h2-9H,18H2,1H3. The number of nitrogen functional groups attached to an aromatic ring is 1. The molecule has 0 spiro atoms. The predicted molar refractivity (Wildman–Crippen MR) is 81.1 cm³/mol. The van der Waals surface area contributed by atoms with E-state index in [1.165, 1.54) is 26.9 Å². The molecule has 0 aliphatic rings. The number of benzene rings is 4. The molecule has 19 heavy (non-hydrogen) atoms. The second kappa shape index (κ2) is 3.51. The fraction of sp³-hybridized carbons (Fsp3) is 0.0588. The summed E-state index contributed by atoms with van der Waals surface area (Å²) < 4.78 is 5.37. The van der Waals surface area contributed by atoms with Crippen LogP contribution in [0.3, 0.4) is 0 Å². The van der Waals surface area contributed by atoms with Crippen LogP contribution in [0.4, 0.5) is 5.69 Å². The smallest absolute Gasteiger partial charge is 0.143 e. The minimum atomic E-state index is 0.716. The molecule has 0 saturated carbocycles. The van der Waals surface area contributed by atoms with Gasteiger partial charge in [-0.2, -0.15) is 0 Å². The summed E-state index contributed by atoms with van der Waals surface area (Å²) in [6.07, 6.45) is 0. The summed E-state index contributed by atoms with van der Waals surface area (Å²) in [6, 6.07) is 16.9. The first-order valence-corrected chi connectivity index (χ1v) is 6.29. The number of hydrogen-bond donors (Lipinski definition) is 1. The summed E-state index contributed by atoms with van der Waals surface area (Å²) in [4.78, 5) is 0. The van der Waals surface area contributed by atoms with Crippen LogP contribution in [0.2, 0.25) is 0 Å². The van der Waals surface area contributed by atoms with Crippen LogP contribution < -0.4 is 10.5 Å². The third kappa shape index (κ3) is 1.26. The molecule has 92 valence electrons. The van der Waals surface area contributed by atoms with Crippen LogP contribution in [-0.4, -0.2) is 7.11 Å². The number of rotatable bonds is 1. The maximum Gasteiger partial charge on any atom is 0.143 e. The maximum atomic E-state index is 6.21. The molecule has 0 aliphatic carbocycles. The number of hydrogen-bond acceptors (Lipinski definition) is 2. The van der Waals surface area contributed by atoms with Gasteiger partial charge in [0.05, 0.1) is 12.8 Å². The normalized spacial score (nSPS) is 11.6. The van der Waals surface area contributed by atoms with Crippen LogP contribution >= 0.6 is 0 Å². The first-order chi connectivity index (χ1) is 9.29. The zero-order chi connectivity index (χ0) is 13.0. The van der Waals surface area contributed by atoms with Crippen molar-refractivity contribution in [2.45, 2.75) is 0 Å². The molecule has 2 heteroatoms. The molecule has 4 aromatic carbocycles. The second-order valence-electron chi connectivity index (χ2n) is 4.85. The Kier molecular flexibility index (Phi) is 1.93. The van der Waals surface area contributed by atoms with Crippen molar-refractivity contribution in [2.24, 2.45) is 0 Å². The molecule has 0 aliphatic heterocycles. The predicted octanol–water partition coefficient (Wildman–Crippen LogP) is 4.17. The molecular formula is C17H13NO. The minimum Gasteiger partial charge on any atom is -0.495 e. The van der Waals surface area contributed by atoms with Gasteiger partial charge in [0.1, 0.15) is 5.75 Å². The van der Waals surface area contributed by atoms with Crippen LogP contribution in [0.5, 0.6) is 5.75 Å². The zero-order valence-electron chi connectivity index (χ0n) is 10.6. The Morgan fingerprint density at radius 2 is 1.53 bits per heavy atom. The molecule has 0 bridgehead atoms. The lowest BCUT2D eigenvalue weighted by Gasteiger charge is -2.14. The van der Waals surface area contributed by atoms with Gasteiger partial charge < -0.3 is 10.5 Å². The highest BCUT2D eigenvalue weighted by Gasteiger charge is 2.12. The summed E-state index contributed by atoms with van der Waals surface area (Å²) in [6.45, 7) is 0. The van der Waals surface area contributed by atoms with Gasteiger partial charge in [-0.25, -0.2) is 0 Å². The Bertz CT molecular complexity index is 895. The van der Waals surface area contributed by atoms with Crippen molar-refractivity contribution < 1.29 is 4.74 Å². The lowest BCUT2D eigenvalue weighted by atomic mass is 9.93. The van der Waals surface area contributed by atoms with Crippen molar-refractivity contribution in [3.8, 4) is 5.75 Å². The summed E-state index contributed by atoms with van der Waals surface area (Å²) in [5, 5.41) is 7.25. The Morgan fingerprint density at radius 1 is 0.842 bits per heavy atom. The Balaban J connectivity index is 2.37. The molecule has 0 heterocycles. The van der Waals surface area contributed by atoms with Gasteiger partial charge in [-0.1, -0.05) is 42.5 Å². The topological polar surface area (TPSA) is 35.2 Å². The zero-order valence-corrected chi connectivity index (χ0v) is 10.6. The fourth-order valence-corrected chi connectivity index (χ4v) is 2.97. The van der Waals surface area contributed by atoms with Gasteiger partial charge in [0, 0.05) is 5.39 Å². The van der Waals surface area contributed by atoms with Gasteiger partial charge in [0.25, 0.3) is 0 Å². The van der Waals surface area contributed by atoms with Crippen molar-refractivity contribution >= 4 is 38.0 Å². The van der Waals surface area contributed by atoms with Crippen molar-refractivity contribution in [1.82, 2.24) is 0 Å². The fourth-order valence-electron chi connectivity index (χ4n) is 2.97. The van der Waals surface area contributed by atoms with Gasteiger partial charge in [-0.15, -0.1) is 0 Å².